The highest BCUT2D eigenvalue weighted by Gasteiger charge is 2.18. The van der Waals surface area contributed by atoms with Gasteiger partial charge in [-0.05, 0) is 37.1 Å². The van der Waals surface area contributed by atoms with Crippen molar-refractivity contribution in [2.75, 3.05) is 35.8 Å². The first-order valence-electron chi connectivity index (χ1n) is 7.25. The van der Waals surface area contributed by atoms with Gasteiger partial charge in [0.1, 0.15) is 5.75 Å². The molecular formula is C15H20N6O. The van der Waals surface area contributed by atoms with E-state index in [-0.39, 0.29) is 0 Å². The van der Waals surface area contributed by atoms with Crippen molar-refractivity contribution < 1.29 is 4.74 Å². The minimum atomic E-state index is 0.446. The maximum absolute atomic E-state index is 6.18. The highest BCUT2D eigenvalue weighted by Crippen LogP contribution is 2.28. The fourth-order valence-electron chi connectivity index (χ4n) is 2.50. The van der Waals surface area contributed by atoms with E-state index in [0.29, 0.717) is 17.5 Å². The number of nitrogens with two attached hydrogens (primary N) is 2. The summed E-state index contributed by atoms with van der Waals surface area (Å²) in [5.41, 5.74) is 7.21. The number of hydrogen-bond donors (Lipinski definition) is 2. The summed E-state index contributed by atoms with van der Waals surface area (Å²) in [5, 5.41) is 1.47. The largest absolute Gasteiger partial charge is 0.497 e. The second-order valence-corrected chi connectivity index (χ2v) is 5.21. The van der Waals surface area contributed by atoms with E-state index < -0.39 is 0 Å². The normalized spacial score (nSPS) is 14.2. The average Bonchev–Trinajstić information content (AvgIpc) is 3.09. The zero-order chi connectivity index (χ0) is 15.5. The van der Waals surface area contributed by atoms with Crippen molar-refractivity contribution in [1.29, 1.82) is 0 Å². The average molecular weight is 300 g/mol. The Morgan fingerprint density at radius 3 is 2.50 bits per heavy atom. The Hall–Kier alpha value is -2.54. The third kappa shape index (κ3) is 2.75. The second kappa shape index (κ2) is 6.07. The van der Waals surface area contributed by atoms with Gasteiger partial charge in [0, 0.05) is 13.1 Å². The van der Waals surface area contributed by atoms with E-state index in [0.717, 1.165) is 37.4 Å². The monoisotopic (exact) mass is 300 g/mol. The van der Waals surface area contributed by atoms with E-state index in [1.807, 2.05) is 24.3 Å². The number of anilines is 4. The molecule has 116 valence electrons. The maximum Gasteiger partial charge on any atom is 0.227 e. The van der Waals surface area contributed by atoms with E-state index in [1.165, 1.54) is 5.01 Å². The number of nitrogens with zero attached hydrogens (tertiary/aromatic N) is 4. The molecule has 1 aromatic heterocycles. The van der Waals surface area contributed by atoms with Crippen LogP contribution in [0.25, 0.3) is 0 Å². The molecule has 0 bridgehead atoms. The molecular weight excluding hydrogens is 280 g/mol. The first kappa shape index (κ1) is 14.4. The molecule has 22 heavy (non-hydrogen) atoms. The van der Waals surface area contributed by atoms with Crippen molar-refractivity contribution >= 4 is 23.1 Å². The first-order valence-corrected chi connectivity index (χ1v) is 7.25. The minimum Gasteiger partial charge on any atom is -0.497 e. The van der Waals surface area contributed by atoms with E-state index in [1.54, 1.807) is 13.3 Å². The summed E-state index contributed by atoms with van der Waals surface area (Å²) in [6.45, 7) is 1.94. The summed E-state index contributed by atoms with van der Waals surface area (Å²) < 4.78 is 5.15. The molecule has 0 spiro atoms. The van der Waals surface area contributed by atoms with Gasteiger partial charge in [-0.2, -0.15) is 4.98 Å². The Labute approximate surface area is 129 Å². The number of rotatable bonds is 4. The molecule has 0 radical (unpaired) electrons. The number of methoxy groups -OCH3 is 1. The first-order chi connectivity index (χ1) is 10.7. The van der Waals surface area contributed by atoms with Gasteiger partial charge in [-0.1, -0.05) is 0 Å². The fourth-order valence-corrected chi connectivity index (χ4v) is 2.50. The number of ether oxygens (including phenoxy) is 1. The zero-order valence-electron chi connectivity index (χ0n) is 12.6. The molecule has 1 saturated heterocycles. The Kier molecular flexibility index (Phi) is 3.97. The van der Waals surface area contributed by atoms with Crippen LogP contribution in [0.4, 0.5) is 23.1 Å². The smallest absolute Gasteiger partial charge is 0.227 e. The highest BCUT2D eigenvalue weighted by molar-refractivity contribution is 5.70. The molecule has 7 nitrogen and oxygen atoms in total. The molecule has 4 N–H and O–H groups in total. The Morgan fingerprint density at radius 1 is 1.18 bits per heavy atom. The molecule has 0 atom stereocenters. The number of aromatic nitrogens is 2. The summed E-state index contributed by atoms with van der Waals surface area (Å²) in [7, 11) is 1.62. The van der Waals surface area contributed by atoms with Crippen LogP contribution in [-0.2, 0) is 0 Å². The molecule has 1 fully saturated rings. The molecule has 0 saturated carbocycles. The molecule has 0 unspecified atom stereocenters. The standard InChI is InChI=1S/C15H20N6O/c1-22-12-6-4-11(5-7-12)21(17)14-13(16)10-18-15(19-14)20-8-2-3-9-20/h4-7,10H,2-3,8-9,16-17H2,1H3. The lowest BCUT2D eigenvalue weighted by Crippen LogP contribution is -2.28. The summed E-state index contributed by atoms with van der Waals surface area (Å²) in [5.74, 6) is 8.12. The van der Waals surface area contributed by atoms with E-state index >= 15 is 0 Å². The Balaban J connectivity index is 1.89. The third-order valence-corrected chi connectivity index (χ3v) is 3.75. The van der Waals surface area contributed by atoms with Gasteiger partial charge in [0.25, 0.3) is 0 Å². The van der Waals surface area contributed by atoms with Gasteiger partial charge < -0.3 is 15.4 Å². The molecule has 1 aromatic carbocycles. The van der Waals surface area contributed by atoms with Crippen molar-refractivity contribution in [2.45, 2.75) is 12.8 Å². The van der Waals surface area contributed by atoms with Crippen LogP contribution in [0, 0.1) is 0 Å². The molecule has 7 heteroatoms. The summed E-state index contributed by atoms with van der Waals surface area (Å²) in [4.78, 5) is 11.0. The van der Waals surface area contributed by atoms with Crippen molar-refractivity contribution in [1.82, 2.24) is 9.97 Å². The third-order valence-electron chi connectivity index (χ3n) is 3.75. The predicted molar refractivity (Wildman–Crippen MR) is 87.2 cm³/mol. The van der Waals surface area contributed by atoms with Gasteiger partial charge in [0.2, 0.25) is 5.95 Å². The summed E-state index contributed by atoms with van der Waals surface area (Å²) in [6.07, 6.45) is 3.93. The van der Waals surface area contributed by atoms with Gasteiger partial charge in [-0.15, -0.1) is 0 Å². The minimum absolute atomic E-state index is 0.446. The van der Waals surface area contributed by atoms with Crippen LogP contribution in [0.3, 0.4) is 0 Å². The number of nitrogen functional groups attached to an aromatic ring is 1. The van der Waals surface area contributed by atoms with Crippen LogP contribution in [-0.4, -0.2) is 30.2 Å². The zero-order valence-corrected chi connectivity index (χ0v) is 12.6. The topological polar surface area (TPSA) is 93.5 Å². The van der Waals surface area contributed by atoms with E-state index in [9.17, 15) is 0 Å². The molecule has 2 aromatic rings. The highest BCUT2D eigenvalue weighted by atomic mass is 16.5. The van der Waals surface area contributed by atoms with Crippen LogP contribution in [0.1, 0.15) is 12.8 Å². The van der Waals surface area contributed by atoms with Crippen molar-refractivity contribution in [2.24, 2.45) is 5.84 Å². The molecule has 1 aliphatic rings. The van der Waals surface area contributed by atoms with Crippen molar-refractivity contribution in [3.8, 4) is 5.75 Å². The lowest BCUT2D eigenvalue weighted by molar-refractivity contribution is 0.415. The number of hydrazine groups is 1. The van der Waals surface area contributed by atoms with E-state index in [4.69, 9.17) is 16.3 Å². The molecule has 0 amide bonds. The van der Waals surface area contributed by atoms with Crippen LogP contribution in [0.2, 0.25) is 0 Å². The number of benzene rings is 1. The van der Waals surface area contributed by atoms with E-state index in [2.05, 4.69) is 14.9 Å². The molecule has 2 heterocycles. The van der Waals surface area contributed by atoms with Crippen molar-refractivity contribution in [3.05, 3.63) is 30.5 Å². The van der Waals surface area contributed by atoms with Crippen LogP contribution >= 0.6 is 0 Å². The van der Waals surface area contributed by atoms with Crippen molar-refractivity contribution in [3.63, 3.8) is 0 Å². The van der Waals surface area contributed by atoms with Gasteiger partial charge in [0.05, 0.1) is 24.7 Å². The Bertz CT molecular complexity index is 639. The van der Waals surface area contributed by atoms with Crippen LogP contribution in [0.15, 0.2) is 30.5 Å². The predicted octanol–water partition coefficient (Wildman–Crippen LogP) is 1.68. The molecule has 1 aliphatic heterocycles. The maximum atomic E-state index is 6.18. The van der Waals surface area contributed by atoms with Gasteiger partial charge in [-0.25, -0.2) is 10.8 Å². The van der Waals surface area contributed by atoms with Crippen LogP contribution < -0.4 is 26.2 Å². The molecule has 0 aliphatic carbocycles. The summed E-state index contributed by atoms with van der Waals surface area (Å²) >= 11 is 0. The SMILES string of the molecule is COc1ccc(N(N)c2nc(N3CCCC3)ncc2N)cc1. The second-order valence-electron chi connectivity index (χ2n) is 5.21. The van der Waals surface area contributed by atoms with Gasteiger partial charge in [0.15, 0.2) is 5.82 Å². The lowest BCUT2D eigenvalue weighted by atomic mass is 10.3. The fraction of sp³-hybridized carbons (Fsp3) is 0.333. The van der Waals surface area contributed by atoms with Gasteiger partial charge >= 0.3 is 0 Å². The molecule has 3 rings (SSSR count). The van der Waals surface area contributed by atoms with Gasteiger partial charge in [-0.3, -0.25) is 5.01 Å². The lowest BCUT2D eigenvalue weighted by Gasteiger charge is -2.22. The summed E-state index contributed by atoms with van der Waals surface area (Å²) in [6, 6.07) is 7.40. The Morgan fingerprint density at radius 2 is 1.86 bits per heavy atom. The number of hydrogen-bond acceptors (Lipinski definition) is 7. The van der Waals surface area contributed by atoms with Crippen LogP contribution in [0.5, 0.6) is 5.75 Å². The quantitative estimate of drug-likeness (QED) is 0.655.